The number of thiazole rings is 1. The zero-order chi connectivity index (χ0) is 16.3. The van der Waals surface area contributed by atoms with Gasteiger partial charge in [0.25, 0.3) is 0 Å². The van der Waals surface area contributed by atoms with Crippen LogP contribution in [-0.4, -0.2) is 40.7 Å². The van der Waals surface area contributed by atoms with E-state index in [1.807, 2.05) is 38.0 Å². The van der Waals surface area contributed by atoms with E-state index in [0.29, 0.717) is 6.54 Å². The van der Waals surface area contributed by atoms with Gasteiger partial charge in [0.1, 0.15) is 5.60 Å². The van der Waals surface area contributed by atoms with Gasteiger partial charge in [-0.2, -0.15) is 0 Å². The van der Waals surface area contributed by atoms with Crippen molar-refractivity contribution in [3.8, 4) is 0 Å². The molecule has 5 nitrogen and oxygen atoms in total. The van der Waals surface area contributed by atoms with E-state index in [4.69, 9.17) is 10.5 Å². The number of ether oxygens (including phenoxy) is 1. The van der Waals surface area contributed by atoms with Gasteiger partial charge < -0.3 is 15.4 Å². The fourth-order valence-electron chi connectivity index (χ4n) is 2.89. The van der Waals surface area contributed by atoms with Crippen molar-refractivity contribution in [3.63, 3.8) is 0 Å². The normalized spacial score (nSPS) is 20.8. The highest BCUT2D eigenvalue weighted by Gasteiger charge is 2.36. The van der Waals surface area contributed by atoms with Crippen LogP contribution in [0.1, 0.15) is 56.7 Å². The first-order valence-corrected chi connectivity index (χ1v) is 8.81. The lowest BCUT2D eigenvalue weighted by Crippen LogP contribution is -2.50. The molecule has 1 aliphatic heterocycles. The Bertz CT molecular complexity index is 510. The van der Waals surface area contributed by atoms with E-state index in [9.17, 15) is 4.79 Å². The van der Waals surface area contributed by atoms with Crippen molar-refractivity contribution in [2.75, 3.05) is 13.1 Å². The van der Waals surface area contributed by atoms with Gasteiger partial charge in [0.05, 0.1) is 5.01 Å². The lowest BCUT2D eigenvalue weighted by atomic mass is 9.91. The molecule has 2 rings (SSSR count). The van der Waals surface area contributed by atoms with E-state index in [2.05, 4.69) is 4.98 Å². The van der Waals surface area contributed by atoms with Crippen molar-refractivity contribution >= 4 is 17.4 Å². The molecule has 1 amide bonds. The maximum absolute atomic E-state index is 12.5. The molecule has 0 saturated carbocycles. The van der Waals surface area contributed by atoms with E-state index >= 15 is 0 Å². The Morgan fingerprint density at radius 1 is 1.55 bits per heavy atom. The summed E-state index contributed by atoms with van der Waals surface area (Å²) in [6.45, 7) is 8.91. The summed E-state index contributed by atoms with van der Waals surface area (Å²) in [4.78, 5) is 19.0. The molecule has 2 unspecified atom stereocenters. The summed E-state index contributed by atoms with van der Waals surface area (Å²) in [7, 11) is 0. The Labute approximate surface area is 136 Å². The number of carbonyl (C=O) groups is 1. The van der Waals surface area contributed by atoms with Crippen LogP contribution in [0.25, 0.3) is 0 Å². The summed E-state index contributed by atoms with van der Waals surface area (Å²) in [5, 5.41) is 3.07. The van der Waals surface area contributed by atoms with Crippen LogP contribution in [0.4, 0.5) is 4.79 Å². The first kappa shape index (κ1) is 17.2. The van der Waals surface area contributed by atoms with Gasteiger partial charge in [-0.1, -0.05) is 0 Å². The maximum atomic E-state index is 12.5. The highest BCUT2D eigenvalue weighted by molar-refractivity contribution is 7.09. The molecule has 6 heteroatoms. The number of aromatic nitrogens is 1. The zero-order valence-electron chi connectivity index (χ0n) is 14.0. The fraction of sp³-hybridized carbons (Fsp3) is 0.750. The van der Waals surface area contributed by atoms with E-state index < -0.39 is 5.60 Å². The largest absolute Gasteiger partial charge is 0.444 e. The lowest BCUT2D eigenvalue weighted by molar-refractivity contribution is 0.00664. The number of rotatable bonds is 3. The van der Waals surface area contributed by atoms with Gasteiger partial charge in [0, 0.05) is 36.1 Å². The molecular weight excluding hydrogens is 298 g/mol. The van der Waals surface area contributed by atoms with Gasteiger partial charge in [-0.3, -0.25) is 0 Å². The Balaban J connectivity index is 2.19. The third kappa shape index (κ3) is 4.20. The van der Waals surface area contributed by atoms with Crippen LogP contribution >= 0.6 is 11.3 Å². The number of piperidine rings is 1. The minimum atomic E-state index is -0.477. The number of amides is 1. The third-order valence-corrected chi connectivity index (χ3v) is 4.94. The van der Waals surface area contributed by atoms with Crippen LogP contribution in [0.2, 0.25) is 0 Å². The van der Waals surface area contributed by atoms with Crippen LogP contribution in [0, 0.1) is 6.92 Å². The van der Waals surface area contributed by atoms with E-state index in [1.165, 1.54) is 0 Å². The molecule has 124 valence electrons. The Morgan fingerprint density at radius 2 is 2.27 bits per heavy atom. The van der Waals surface area contributed by atoms with Crippen LogP contribution in [0.15, 0.2) is 5.38 Å². The molecule has 2 heterocycles. The van der Waals surface area contributed by atoms with E-state index in [0.717, 1.165) is 36.5 Å². The number of hydrogen-bond donors (Lipinski definition) is 1. The topological polar surface area (TPSA) is 68.5 Å². The summed E-state index contributed by atoms with van der Waals surface area (Å²) in [6.07, 6.45) is 2.86. The molecule has 1 aromatic rings. The summed E-state index contributed by atoms with van der Waals surface area (Å²) in [5.41, 5.74) is 6.56. The average Bonchev–Trinajstić information content (AvgIpc) is 2.85. The van der Waals surface area contributed by atoms with Crippen molar-refractivity contribution in [2.24, 2.45) is 5.73 Å². The first-order chi connectivity index (χ1) is 10.3. The van der Waals surface area contributed by atoms with Gasteiger partial charge >= 0.3 is 6.09 Å². The molecule has 2 atom stereocenters. The molecule has 1 saturated heterocycles. The zero-order valence-corrected chi connectivity index (χ0v) is 14.8. The molecular formula is C16H27N3O2S. The number of carbonyl (C=O) groups excluding carboxylic acids is 1. The standard InChI is InChI=1S/C16H27N3O2S/c1-11-10-22-14(18-11)12(9-17)13-7-5-6-8-19(13)15(20)21-16(2,3)4/h10,12-13H,5-9,17H2,1-4H3. The van der Waals surface area contributed by atoms with Crippen LogP contribution < -0.4 is 5.73 Å². The Hall–Kier alpha value is -1.14. The van der Waals surface area contributed by atoms with Crippen LogP contribution in [0.3, 0.4) is 0 Å². The molecule has 0 aliphatic carbocycles. The predicted molar refractivity (Wildman–Crippen MR) is 89.2 cm³/mol. The summed E-state index contributed by atoms with van der Waals surface area (Å²) < 4.78 is 5.57. The minimum absolute atomic E-state index is 0.0825. The van der Waals surface area contributed by atoms with Gasteiger partial charge in [-0.15, -0.1) is 11.3 Å². The minimum Gasteiger partial charge on any atom is -0.444 e. The molecule has 0 bridgehead atoms. The summed E-state index contributed by atoms with van der Waals surface area (Å²) in [5.74, 6) is 0.0894. The molecule has 22 heavy (non-hydrogen) atoms. The van der Waals surface area contributed by atoms with Crippen LogP contribution in [0.5, 0.6) is 0 Å². The van der Waals surface area contributed by atoms with Crippen molar-refractivity contribution < 1.29 is 9.53 Å². The third-order valence-electron chi connectivity index (χ3n) is 3.85. The predicted octanol–water partition coefficient (Wildman–Crippen LogP) is 3.28. The number of nitrogens with zero attached hydrogens (tertiary/aromatic N) is 2. The Kier molecular flexibility index (Phi) is 5.45. The van der Waals surface area contributed by atoms with Crippen molar-refractivity contribution in [3.05, 3.63) is 16.1 Å². The average molecular weight is 325 g/mol. The molecule has 1 aliphatic rings. The maximum Gasteiger partial charge on any atom is 0.410 e. The van der Waals surface area contributed by atoms with Gasteiger partial charge in [-0.25, -0.2) is 9.78 Å². The highest BCUT2D eigenvalue weighted by atomic mass is 32.1. The SMILES string of the molecule is Cc1csc(C(CN)C2CCCCN2C(=O)OC(C)(C)C)n1. The first-order valence-electron chi connectivity index (χ1n) is 7.93. The van der Waals surface area contributed by atoms with Crippen molar-refractivity contribution in [2.45, 2.75) is 64.5 Å². The second-order valence-corrected chi connectivity index (χ2v) is 7.80. The summed E-state index contributed by atoms with van der Waals surface area (Å²) >= 11 is 1.63. The molecule has 2 N–H and O–H groups in total. The quantitative estimate of drug-likeness (QED) is 0.926. The van der Waals surface area contributed by atoms with Gasteiger partial charge in [0.2, 0.25) is 0 Å². The molecule has 0 aromatic carbocycles. The summed E-state index contributed by atoms with van der Waals surface area (Å²) in [6, 6.07) is 0.0825. The smallest absolute Gasteiger partial charge is 0.410 e. The number of aryl methyl sites for hydroxylation is 1. The Morgan fingerprint density at radius 3 is 2.82 bits per heavy atom. The fourth-order valence-corrected chi connectivity index (χ4v) is 3.86. The number of nitrogens with two attached hydrogens (primary N) is 1. The molecule has 0 radical (unpaired) electrons. The molecule has 1 aromatic heterocycles. The van der Waals surface area contributed by atoms with Gasteiger partial charge in [-0.05, 0) is 47.0 Å². The number of likely N-dealkylation sites (tertiary alicyclic amines) is 1. The van der Waals surface area contributed by atoms with Crippen molar-refractivity contribution in [1.82, 2.24) is 9.88 Å². The molecule has 0 spiro atoms. The highest BCUT2D eigenvalue weighted by Crippen LogP contribution is 2.32. The van der Waals surface area contributed by atoms with Crippen molar-refractivity contribution in [1.29, 1.82) is 0 Å². The van der Waals surface area contributed by atoms with E-state index in [-0.39, 0.29) is 18.1 Å². The monoisotopic (exact) mass is 325 g/mol. The second kappa shape index (κ2) is 6.96. The van der Waals surface area contributed by atoms with Crippen LogP contribution in [-0.2, 0) is 4.74 Å². The van der Waals surface area contributed by atoms with E-state index in [1.54, 1.807) is 11.3 Å². The van der Waals surface area contributed by atoms with Gasteiger partial charge in [0.15, 0.2) is 0 Å². The molecule has 1 fully saturated rings. The number of hydrogen-bond acceptors (Lipinski definition) is 5. The lowest BCUT2D eigenvalue weighted by Gasteiger charge is -2.40. The second-order valence-electron chi connectivity index (χ2n) is 6.91.